The van der Waals surface area contributed by atoms with E-state index in [0.717, 1.165) is 5.56 Å². The van der Waals surface area contributed by atoms with Gasteiger partial charge in [0, 0.05) is 44.1 Å². The summed E-state index contributed by atoms with van der Waals surface area (Å²) in [6, 6.07) is 9.17. The highest BCUT2D eigenvalue weighted by molar-refractivity contribution is 6.55. The number of nitrogens with zero attached hydrogens (tertiary/aromatic N) is 3. The van der Waals surface area contributed by atoms with E-state index < -0.39 is 6.04 Å². The third-order valence-electron chi connectivity index (χ3n) is 4.58. The maximum atomic E-state index is 13.2. The Morgan fingerprint density at radius 3 is 2.57 bits per heavy atom. The maximum absolute atomic E-state index is 13.2. The number of hydrogen-bond acceptors (Lipinski definition) is 6. The molecule has 0 N–H and O–H groups in total. The van der Waals surface area contributed by atoms with Crippen LogP contribution in [0.5, 0.6) is 0 Å². The summed E-state index contributed by atoms with van der Waals surface area (Å²) in [5.74, 6) is -0.976. The first-order valence-corrected chi connectivity index (χ1v) is 8.92. The maximum Gasteiger partial charge on any atom is 0.220 e. The number of carbonyl (C=O) groups excluding carboxylic acids is 3. The molecule has 0 radical (unpaired) electrons. The van der Waals surface area contributed by atoms with Crippen LogP contribution in [0.15, 0.2) is 53.8 Å². The van der Waals surface area contributed by atoms with Gasteiger partial charge in [-0.1, -0.05) is 30.3 Å². The monoisotopic (exact) mass is 379 g/mol. The van der Waals surface area contributed by atoms with Crippen molar-refractivity contribution in [1.29, 1.82) is 0 Å². The van der Waals surface area contributed by atoms with Crippen molar-refractivity contribution < 1.29 is 19.1 Å². The highest BCUT2D eigenvalue weighted by Gasteiger charge is 2.42. The fourth-order valence-electron chi connectivity index (χ4n) is 3.20. The predicted octanol–water partition coefficient (Wildman–Crippen LogP) is 1.97. The molecule has 7 heteroatoms. The van der Waals surface area contributed by atoms with E-state index in [-0.39, 0.29) is 42.9 Å². The standard InChI is InChI=1S/C21H21N3O4/c1-14(25)24(10-11-28-2)19-18(23-13-15-6-5-9-22-12-15)20(26)16-7-3-4-8-17(16)21(19)27/h3-9,12,19H,10-11,13H2,1-2H3. The Kier molecular flexibility index (Phi) is 6.06. The van der Waals surface area contributed by atoms with Crippen molar-refractivity contribution >= 4 is 23.2 Å². The molecule has 7 nitrogen and oxygen atoms in total. The summed E-state index contributed by atoms with van der Waals surface area (Å²) in [5.41, 5.74) is 1.49. The van der Waals surface area contributed by atoms with Gasteiger partial charge in [0.25, 0.3) is 0 Å². The zero-order valence-corrected chi connectivity index (χ0v) is 15.8. The Balaban J connectivity index is 2.07. The highest BCUT2D eigenvalue weighted by atomic mass is 16.5. The van der Waals surface area contributed by atoms with Crippen LogP contribution in [0.4, 0.5) is 0 Å². The van der Waals surface area contributed by atoms with Crippen LogP contribution in [0.3, 0.4) is 0 Å². The zero-order valence-electron chi connectivity index (χ0n) is 15.8. The molecule has 1 aliphatic carbocycles. The summed E-state index contributed by atoms with van der Waals surface area (Å²) in [7, 11) is 1.51. The first-order chi connectivity index (χ1) is 13.5. The summed E-state index contributed by atoms with van der Waals surface area (Å²) >= 11 is 0. The van der Waals surface area contributed by atoms with E-state index in [1.54, 1.807) is 42.7 Å². The van der Waals surface area contributed by atoms with Gasteiger partial charge in [-0.15, -0.1) is 0 Å². The van der Waals surface area contributed by atoms with Gasteiger partial charge in [-0.3, -0.25) is 24.4 Å². The van der Waals surface area contributed by atoms with E-state index in [9.17, 15) is 14.4 Å². The van der Waals surface area contributed by atoms with Crippen LogP contribution in [0.2, 0.25) is 0 Å². The number of fused-ring (bicyclic) bond motifs is 1. The number of amides is 1. The molecule has 1 aliphatic rings. The predicted molar refractivity (Wildman–Crippen MR) is 104 cm³/mol. The first-order valence-electron chi connectivity index (χ1n) is 8.92. The van der Waals surface area contributed by atoms with Crippen LogP contribution in [-0.4, -0.2) is 59.4 Å². The Bertz CT molecular complexity index is 924. The van der Waals surface area contributed by atoms with Gasteiger partial charge in [0.15, 0.2) is 5.78 Å². The van der Waals surface area contributed by atoms with Gasteiger partial charge >= 0.3 is 0 Å². The van der Waals surface area contributed by atoms with Crippen LogP contribution in [0.1, 0.15) is 33.2 Å². The largest absolute Gasteiger partial charge is 0.383 e. The fourth-order valence-corrected chi connectivity index (χ4v) is 3.20. The molecule has 0 saturated heterocycles. The number of aromatic nitrogens is 1. The Morgan fingerprint density at radius 1 is 1.18 bits per heavy atom. The fraction of sp³-hybridized carbons (Fsp3) is 0.286. The topological polar surface area (TPSA) is 88.9 Å². The Hall–Kier alpha value is -3.19. The third kappa shape index (κ3) is 3.89. The smallest absolute Gasteiger partial charge is 0.220 e. The number of ketones is 2. The minimum Gasteiger partial charge on any atom is -0.383 e. The highest BCUT2D eigenvalue weighted by Crippen LogP contribution is 2.24. The molecule has 0 saturated carbocycles. The van der Waals surface area contributed by atoms with Crippen molar-refractivity contribution in [3.8, 4) is 0 Å². The molecule has 1 aromatic carbocycles. The minimum atomic E-state index is -1.06. The van der Waals surface area contributed by atoms with Gasteiger partial charge in [-0.25, -0.2) is 0 Å². The molecule has 0 fully saturated rings. The van der Waals surface area contributed by atoms with Crippen molar-refractivity contribution in [2.75, 3.05) is 20.3 Å². The number of Topliss-reactive ketones (excluding diaryl/α,β-unsaturated/α-hetero) is 2. The third-order valence-corrected chi connectivity index (χ3v) is 4.58. The van der Waals surface area contributed by atoms with Gasteiger partial charge in [-0.05, 0) is 11.6 Å². The van der Waals surface area contributed by atoms with E-state index >= 15 is 0 Å². The molecule has 1 atom stereocenters. The van der Waals surface area contributed by atoms with Crippen LogP contribution in [-0.2, 0) is 16.1 Å². The lowest BCUT2D eigenvalue weighted by molar-refractivity contribution is -0.129. The molecule has 1 aromatic heterocycles. The summed E-state index contributed by atoms with van der Waals surface area (Å²) in [6.45, 7) is 1.99. The second-order valence-electron chi connectivity index (χ2n) is 6.41. The molecular formula is C21H21N3O4. The SMILES string of the molecule is COCCN(C(C)=O)C1C(=O)c2ccccc2C(=O)C1=NCc1cccnc1. The van der Waals surface area contributed by atoms with Crippen molar-refractivity contribution in [2.45, 2.75) is 19.5 Å². The number of ether oxygens (including phenoxy) is 1. The van der Waals surface area contributed by atoms with Gasteiger partial charge in [0.2, 0.25) is 11.7 Å². The minimum absolute atomic E-state index is 0.0684. The summed E-state index contributed by atoms with van der Waals surface area (Å²) in [6.07, 6.45) is 3.29. The van der Waals surface area contributed by atoms with Crippen LogP contribution in [0.25, 0.3) is 0 Å². The summed E-state index contributed by atoms with van der Waals surface area (Å²) < 4.78 is 5.07. The van der Waals surface area contributed by atoms with Crippen molar-refractivity contribution in [3.05, 3.63) is 65.5 Å². The second-order valence-corrected chi connectivity index (χ2v) is 6.41. The molecule has 1 heterocycles. The first kappa shape index (κ1) is 19.6. The normalized spacial score (nSPS) is 17.5. The number of pyridine rings is 1. The molecular weight excluding hydrogens is 358 g/mol. The molecule has 28 heavy (non-hydrogen) atoms. The average Bonchev–Trinajstić information content (AvgIpc) is 2.71. The van der Waals surface area contributed by atoms with Crippen molar-refractivity contribution in [1.82, 2.24) is 9.88 Å². The molecule has 144 valence electrons. The number of benzene rings is 1. The van der Waals surface area contributed by atoms with E-state index in [0.29, 0.717) is 11.1 Å². The van der Waals surface area contributed by atoms with E-state index in [1.807, 2.05) is 6.07 Å². The number of methoxy groups -OCH3 is 1. The lowest BCUT2D eigenvalue weighted by atomic mass is 9.83. The molecule has 0 spiro atoms. The summed E-state index contributed by atoms with van der Waals surface area (Å²) in [4.78, 5) is 48.5. The number of carbonyl (C=O) groups is 3. The molecule has 1 amide bonds. The number of aliphatic imine (C=N–C) groups is 1. The molecule has 3 rings (SSSR count). The van der Waals surface area contributed by atoms with Crippen LogP contribution >= 0.6 is 0 Å². The Labute approximate surface area is 163 Å². The zero-order chi connectivity index (χ0) is 20.1. The van der Waals surface area contributed by atoms with Crippen LogP contribution in [0, 0.1) is 0 Å². The van der Waals surface area contributed by atoms with Crippen molar-refractivity contribution in [3.63, 3.8) is 0 Å². The lowest BCUT2D eigenvalue weighted by Crippen LogP contribution is -2.55. The molecule has 0 bridgehead atoms. The van der Waals surface area contributed by atoms with E-state index in [1.165, 1.54) is 18.9 Å². The number of hydrogen-bond donors (Lipinski definition) is 0. The van der Waals surface area contributed by atoms with Gasteiger partial charge in [0.1, 0.15) is 11.8 Å². The summed E-state index contributed by atoms with van der Waals surface area (Å²) in [5, 5.41) is 0. The Morgan fingerprint density at radius 2 is 1.93 bits per heavy atom. The van der Waals surface area contributed by atoms with Gasteiger partial charge < -0.3 is 9.64 Å². The van der Waals surface area contributed by atoms with E-state index in [4.69, 9.17) is 4.74 Å². The van der Waals surface area contributed by atoms with Gasteiger partial charge in [-0.2, -0.15) is 0 Å². The van der Waals surface area contributed by atoms with Gasteiger partial charge in [0.05, 0.1) is 13.2 Å². The lowest BCUT2D eigenvalue weighted by Gasteiger charge is -2.33. The quantitative estimate of drug-likeness (QED) is 0.766. The van der Waals surface area contributed by atoms with E-state index in [2.05, 4.69) is 9.98 Å². The average molecular weight is 379 g/mol. The van der Waals surface area contributed by atoms with Crippen LogP contribution < -0.4 is 0 Å². The molecule has 0 aliphatic heterocycles. The second kappa shape index (κ2) is 8.67. The van der Waals surface area contributed by atoms with Crippen molar-refractivity contribution in [2.24, 2.45) is 4.99 Å². The molecule has 1 unspecified atom stereocenters. The molecule has 2 aromatic rings. The number of rotatable bonds is 6.